The highest BCUT2D eigenvalue weighted by Crippen LogP contribution is 1.98. The molecule has 1 aliphatic rings. The van der Waals surface area contributed by atoms with E-state index >= 15 is 0 Å². The molecule has 1 rings (SSSR count). The van der Waals surface area contributed by atoms with Crippen LogP contribution in [0.25, 0.3) is 0 Å². The van der Waals surface area contributed by atoms with Crippen molar-refractivity contribution < 1.29 is 9.64 Å². The van der Waals surface area contributed by atoms with Gasteiger partial charge < -0.3 is 5.21 Å². The van der Waals surface area contributed by atoms with Crippen LogP contribution < -0.4 is 0 Å². The van der Waals surface area contributed by atoms with E-state index in [0.29, 0.717) is 11.3 Å². The van der Waals surface area contributed by atoms with Crippen LogP contribution in [0.5, 0.6) is 0 Å². The largest absolute Gasteiger partial charge is 0.594 e. The molecule has 0 spiro atoms. The molecule has 0 aromatic carbocycles. The lowest BCUT2D eigenvalue weighted by atomic mass is 10.2. The number of hydrogen-bond donors (Lipinski definition) is 0. The maximum Gasteiger partial charge on any atom is 0.273 e. The second-order valence-corrected chi connectivity index (χ2v) is 2.08. The molecule has 0 aromatic heterocycles. The molecular weight excluding hydrogens is 132 g/mol. The van der Waals surface area contributed by atoms with Crippen molar-refractivity contribution in [3.63, 3.8) is 0 Å². The van der Waals surface area contributed by atoms with E-state index in [1.807, 2.05) is 6.92 Å². The molecule has 0 radical (unpaired) electrons. The minimum atomic E-state index is -0.253. The van der Waals surface area contributed by atoms with E-state index in [1.54, 1.807) is 0 Å². The Morgan fingerprint density at radius 3 is 2.90 bits per heavy atom. The summed E-state index contributed by atoms with van der Waals surface area (Å²) in [4.78, 5) is 11.1. The molecule has 54 valence electrons. The van der Waals surface area contributed by atoms with Crippen molar-refractivity contribution in [3.8, 4) is 0 Å². The molecule has 0 bridgehead atoms. The van der Waals surface area contributed by atoms with E-state index in [4.69, 9.17) is 0 Å². The normalized spacial score (nSPS) is 17.1. The number of hydrazone groups is 1. The van der Waals surface area contributed by atoms with Crippen LogP contribution in [0.1, 0.15) is 19.8 Å². The third-order valence-corrected chi connectivity index (χ3v) is 1.28. The molecule has 0 saturated carbocycles. The Bertz CT molecular complexity index is 218. The molecule has 0 aromatic rings. The van der Waals surface area contributed by atoms with Crippen molar-refractivity contribution in [2.24, 2.45) is 5.10 Å². The van der Waals surface area contributed by atoms with Gasteiger partial charge in [-0.1, -0.05) is 11.8 Å². The van der Waals surface area contributed by atoms with Gasteiger partial charge in [0.15, 0.2) is 0 Å². The Balaban J connectivity index is 2.75. The average molecular weight is 140 g/mol. The molecule has 4 nitrogen and oxygen atoms in total. The molecule has 0 atom stereocenters. The molecule has 0 N–H and O–H groups in total. The zero-order valence-corrected chi connectivity index (χ0v) is 5.70. The fourth-order valence-electron chi connectivity index (χ4n) is 0.799. The Morgan fingerprint density at radius 1 is 1.80 bits per heavy atom. The predicted molar refractivity (Wildman–Crippen MR) is 37.0 cm³/mol. The number of hydrogen-bond acceptors (Lipinski definition) is 3. The van der Waals surface area contributed by atoms with Gasteiger partial charge in [-0.25, -0.2) is 0 Å². The molecule has 4 heteroatoms. The van der Waals surface area contributed by atoms with E-state index in [1.165, 1.54) is 0 Å². The van der Waals surface area contributed by atoms with Crippen LogP contribution in [-0.2, 0) is 4.79 Å². The van der Waals surface area contributed by atoms with Crippen molar-refractivity contribution >= 4 is 17.7 Å². The van der Waals surface area contributed by atoms with Crippen molar-refractivity contribution in [1.29, 1.82) is 0 Å². The Hall–Kier alpha value is -1.19. The van der Waals surface area contributed by atoms with Gasteiger partial charge in [0.25, 0.3) is 11.5 Å². The summed E-state index contributed by atoms with van der Waals surface area (Å²) in [6.07, 6.45) is 2.36. The average Bonchev–Trinajstić information content (AvgIpc) is 2.20. The lowest BCUT2D eigenvalue weighted by Gasteiger charge is -1.92. The highest BCUT2D eigenvalue weighted by molar-refractivity contribution is 6.60. The van der Waals surface area contributed by atoms with Crippen LogP contribution in [0.3, 0.4) is 0 Å². The smallest absolute Gasteiger partial charge is 0.273 e. The van der Waals surface area contributed by atoms with Gasteiger partial charge in [-0.3, -0.25) is 4.79 Å². The molecular formula is C6H8N2O2. The van der Waals surface area contributed by atoms with Gasteiger partial charge >= 0.3 is 0 Å². The summed E-state index contributed by atoms with van der Waals surface area (Å²) >= 11 is 0. The summed E-state index contributed by atoms with van der Waals surface area (Å²) in [5, 5.41) is 13.9. The van der Waals surface area contributed by atoms with Gasteiger partial charge in [-0.05, 0) is 6.42 Å². The molecule has 0 unspecified atom stereocenters. The van der Waals surface area contributed by atoms with E-state index in [-0.39, 0.29) is 11.5 Å². The number of rotatable bonds is 2. The lowest BCUT2D eigenvalue weighted by molar-refractivity contribution is -0.459. The molecule has 0 fully saturated rings. The Labute approximate surface area is 58.4 Å². The Morgan fingerprint density at radius 2 is 2.50 bits per heavy atom. The quantitative estimate of drug-likeness (QED) is 0.409. The van der Waals surface area contributed by atoms with E-state index in [0.717, 1.165) is 12.6 Å². The molecule has 0 amide bonds. The summed E-state index contributed by atoms with van der Waals surface area (Å²) in [6.45, 7) is 1.91. The van der Waals surface area contributed by atoms with E-state index < -0.39 is 0 Å². The number of ketones is 1. The SMILES string of the molecule is CCCC1=[N+]([O-])N=CC1=O. The van der Waals surface area contributed by atoms with Gasteiger partial charge in [-0.15, -0.1) is 0 Å². The van der Waals surface area contributed by atoms with Crippen LogP contribution in [0.15, 0.2) is 5.10 Å². The fourth-order valence-corrected chi connectivity index (χ4v) is 0.799. The Kier molecular flexibility index (Phi) is 1.80. The zero-order chi connectivity index (χ0) is 7.56. The molecule has 10 heavy (non-hydrogen) atoms. The first-order chi connectivity index (χ1) is 4.75. The predicted octanol–water partition coefficient (Wildman–Crippen LogP) is 0.306. The second kappa shape index (κ2) is 2.60. The summed E-state index contributed by atoms with van der Waals surface area (Å²) in [5.41, 5.74) is 0.252. The number of carbonyl (C=O) groups excluding carboxylic acids is 1. The highest BCUT2D eigenvalue weighted by Gasteiger charge is 2.23. The zero-order valence-electron chi connectivity index (χ0n) is 5.70. The van der Waals surface area contributed by atoms with Crippen LogP contribution in [0, 0.1) is 5.21 Å². The number of Topliss-reactive ketones (excluding diaryl/α,β-unsaturated/α-hetero) is 1. The summed E-state index contributed by atoms with van der Waals surface area (Å²) < 4.78 is 0. The van der Waals surface area contributed by atoms with Gasteiger partial charge in [0.1, 0.15) is 6.21 Å². The van der Waals surface area contributed by atoms with Crippen LogP contribution >= 0.6 is 0 Å². The maximum absolute atomic E-state index is 10.7. The third-order valence-electron chi connectivity index (χ3n) is 1.28. The van der Waals surface area contributed by atoms with Crippen LogP contribution in [-0.4, -0.2) is 22.6 Å². The molecule has 0 saturated heterocycles. The topological polar surface area (TPSA) is 55.5 Å². The second-order valence-electron chi connectivity index (χ2n) is 2.08. The third kappa shape index (κ3) is 1.05. The summed E-state index contributed by atoms with van der Waals surface area (Å²) in [7, 11) is 0. The minimum Gasteiger partial charge on any atom is -0.594 e. The van der Waals surface area contributed by atoms with Crippen molar-refractivity contribution in [1.82, 2.24) is 0 Å². The van der Waals surface area contributed by atoms with Gasteiger partial charge in [0.2, 0.25) is 0 Å². The lowest BCUT2D eigenvalue weighted by Crippen LogP contribution is -2.15. The number of nitrogens with zero attached hydrogens (tertiary/aromatic N) is 2. The van der Waals surface area contributed by atoms with Crippen molar-refractivity contribution in [2.75, 3.05) is 0 Å². The first-order valence-corrected chi connectivity index (χ1v) is 3.17. The summed E-state index contributed by atoms with van der Waals surface area (Å²) in [5.74, 6) is -0.253. The first kappa shape index (κ1) is 6.92. The number of carbonyl (C=O) groups is 1. The van der Waals surface area contributed by atoms with Crippen LogP contribution in [0.2, 0.25) is 0 Å². The molecule has 1 heterocycles. The van der Waals surface area contributed by atoms with Crippen LogP contribution in [0.4, 0.5) is 0 Å². The van der Waals surface area contributed by atoms with Crippen molar-refractivity contribution in [3.05, 3.63) is 5.21 Å². The van der Waals surface area contributed by atoms with E-state index in [2.05, 4.69) is 5.10 Å². The highest BCUT2D eigenvalue weighted by atomic mass is 16.5. The fraction of sp³-hybridized carbons (Fsp3) is 0.500. The standard InChI is InChI=1S/C6H8N2O2/c1-2-3-5-6(9)4-7-8(5)10/h4H,2-3H2,1H3. The van der Waals surface area contributed by atoms with Gasteiger partial charge in [0, 0.05) is 11.5 Å². The monoisotopic (exact) mass is 140 g/mol. The molecule has 0 aliphatic carbocycles. The van der Waals surface area contributed by atoms with Gasteiger partial charge in [-0.2, -0.15) is 0 Å². The minimum absolute atomic E-state index is 0.252. The molecule has 1 aliphatic heterocycles. The van der Waals surface area contributed by atoms with Crippen molar-refractivity contribution in [2.45, 2.75) is 19.8 Å². The summed E-state index contributed by atoms with van der Waals surface area (Å²) in [6, 6.07) is 0. The maximum atomic E-state index is 10.7. The van der Waals surface area contributed by atoms with E-state index in [9.17, 15) is 10.0 Å². The van der Waals surface area contributed by atoms with Gasteiger partial charge in [0.05, 0.1) is 0 Å². The first-order valence-electron chi connectivity index (χ1n) is 3.17.